The van der Waals surface area contributed by atoms with Gasteiger partial charge in [-0.25, -0.2) is 0 Å². The van der Waals surface area contributed by atoms with Gasteiger partial charge in [-0.2, -0.15) is 0 Å². The Morgan fingerprint density at radius 3 is 2.67 bits per heavy atom. The molecule has 18 heavy (non-hydrogen) atoms. The maximum Gasteiger partial charge on any atom is 0.204 e. The van der Waals surface area contributed by atoms with Gasteiger partial charge in [0, 0.05) is 0 Å². The first-order chi connectivity index (χ1) is 8.68. The number of rotatable bonds is 1. The number of benzene rings is 2. The van der Waals surface area contributed by atoms with Crippen LogP contribution in [0.15, 0.2) is 51.9 Å². The molecule has 3 nitrogen and oxygen atoms in total. The summed E-state index contributed by atoms with van der Waals surface area (Å²) in [7, 11) is 0. The number of ketones is 1. The molecule has 1 aromatic heterocycles. The third-order valence-electron chi connectivity index (χ3n) is 3.05. The summed E-state index contributed by atoms with van der Waals surface area (Å²) in [6, 6.07) is 11.2. The highest BCUT2D eigenvalue weighted by Crippen LogP contribution is 2.23. The number of hydrogen-bond donors (Lipinski definition) is 0. The van der Waals surface area contributed by atoms with Crippen molar-refractivity contribution < 1.29 is 9.21 Å². The zero-order chi connectivity index (χ0) is 12.7. The Bertz CT molecular complexity index is 828. The minimum Gasteiger partial charge on any atom is -0.463 e. The monoisotopic (exact) mass is 238 g/mol. The molecule has 0 spiro atoms. The van der Waals surface area contributed by atoms with E-state index in [0.717, 1.165) is 10.8 Å². The highest BCUT2D eigenvalue weighted by molar-refractivity contribution is 6.07. The summed E-state index contributed by atoms with van der Waals surface area (Å²) in [4.78, 5) is 23.7. The molecule has 2 aromatic carbocycles. The van der Waals surface area contributed by atoms with E-state index in [1.165, 1.54) is 13.2 Å². The van der Waals surface area contributed by atoms with Crippen molar-refractivity contribution in [3.63, 3.8) is 0 Å². The number of fused-ring (bicyclic) bond motifs is 3. The Balaban J connectivity index is 2.59. The third kappa shape index (κ3) is 1.44. The molecule has 0 aliphatic heterocycles. The van der Waals surface area contributed by atoms with Crippen molar-refractivity contribution in [3.05, 3.63) is 58.4 Å². The van der Waals surface area contributed by atoms with Gasteiger partial charge in [0.1, 0.15) is 17.4 Å². The summed E-state index contributed by atoms with van der Waals surface area (Å²) < 4.78 is 5.37. The van der Waals surface area contributed by atoms with E-state index in [9.17, 15) is 9.59 Å². The lowest BCUT2D eigenvalue weighted by atomic mass is 10.0. The van der Waals surface area contributed by atoms with Crippen LogP contribution >= 0.6 is 0 Å². The molecule has 0 fully saturated rings. The van der Waals surface area contributed by atoms with Crippen molar-refractivity contribution in [3.8, 4) is 0 Å². The van der Waals surface area contributed by atoms with Crippen LogP contribution < -0.4 is 5.43 Å². The summed E-state index contributed by atoms with van der Waals surface area (Å²) in [5.74, 6) is -0.279. The molecule has 0 saturated carbocycles. The minimum atomic E-state index is -0.279. The van der Waals surface area contributed by atoms with Gasteiger partial charge in [-0.15, -0.1) is 0 Å². The van der Waals surface area contributed by atoms with Crippen LogP contribution in [0.5, 0.6) is 0 Å². The Morgan fingerprint density at radius 1 is 1.11 bits per heavy atom. The Kier molecular flexibility index (Phi) is 2.27. The molecule has 0 N–H and O–H groups in total. The average Bonchev–Trinajstić information content (AvgIpc) is 2.38. The molecule has 0 unspecified atom stereocenters. The topological polar surface area (TPSA) is 47.3 Å². The van der Waals surface area contributed by atoms with Crippen molar-refractivity contribution in [2.45, 2.75) is 6.92 Å². The van der Waals surface area contributed by atoms with Gasteiger partial charge in [-0.05, 0) is 23.8 Å². The van der Waals surface area contributed by atoms with E-state index in [0.29, 0.717) is 11.0 Å². The lowest BCUT2D eigenvalue weighted by Gasteiger charge is -2.03. The molecular formula is C15H10O3. The second kappa shape index (κ2) is 3.81. The molecule has 3 rings (SSSR count). The third-order valence-corrected chi connectivity index (χ3v) is 3.05. The largest absolute Gasteiger partial charge is 0.463 e. The molecule has 3 heteroatoms. The molecule has 0 radical (unpaired) electrons. The molecule has 0 saturated heterocycles. The first-order valence-corrected chi connectivity index (χ1v) is 5.62. The molecule has 3 aromatic rings. The van der Waals surface area contributed by atoms with Gasteiger partial charge < -0.3 is 4.42 Å². The molecule has 0 aliphatic carbocycles. The fraction of sp³-hybridized carbons (Fsp3) is 0.0667. The van der Waals surface area contributed by atoms with E-state index in [1.54, 1.807) is 6.07 Å². The zero-order valence-electron chi connectivity index (χ0n) is 9.77. The van der Waals surface area contributed by atoms with Gasteiger partial charge in [0.05, 0.1) is 5.39 Å². The average molecular weight is 238 g/mol. The minimum absolute atomic E-state index is 0.0962. The number of hydrogen-bond acceptors (Lipinski definition) is 3. The first kappa shape index (κ1) is 10.7. The summed E-state index contributed by atoms with van der Waals surface area (Å²) in [5.41, 5.74) is 0.336. The smallest absolute Gasteiger partial charge is 0.204 e. The molecule has 88 valence electrons. The van der Waals surface area contributed by atoms with Crippen molar-refractivity contribution in [2.75, 3.05) is 0 Å². The van der Waals surface area contributed by atoms with E-state index in [2.05, 4.69) is 0 Å². The van der Waals surface area contributed by atoms with E-state index in [4.69, 9.17) is 4.42 Å². The lowest BCUT2D eigenvalue weighted by Crippen LogP contribution is -2.12. The number of carbonyl (C=O) groups is 1. The standard InChI is InChI=1S/C15H10O3/c1-9(16)12-8-18-13-7-6-10-4-2-3-5-11(10)14(13)15(12)17/h2-8H,1H3. The van der Waals surface area contributed by atoms with Crippen molar-refractivity contribution in [1.29, 1.82) is 0 Å². The summed E-state index contributed by atoms with van der Waals surface area (Å²) in [5, 5.41) is 2.24. The predicted molar refractivity (Wildman–Crippen MR) is 70.0 cm³/mol. The summed E-state index contributed by atoms with van der Waals surface area (Å²) >= 11 is 0. The van der Waals surface area contributed by atoms with Gasteiger partial charge in [0.2, 0.25) is 5.43 Å². The van der Waals surface area contributed by atoms with E-state index in [-0.39, 0.29) is 16.8 Å². The highest BCUT2D eigenvalue weighted by Gasteiger charge is 2.12. The van der Waals surface area contributed by atoms with Gasteiger partial charge >= 0.3 is 0 Å². The van der Waals surface area contributed by atoms with Crippen LogP contribution in [0, 0.1) is 0 Å². The van der Waals surface area contributed by atoms with Crippen molar-refractivity contribution in [1.82, 2.24) is 0 Å². The number of Topliss-reactive ketones (excluding diaryl/α,β-unsaturated/α-hetero) is 1. The van der Waals surface area contributed by atoms with Gasteiger partial charge in [0.15, 0.2) is 5.78 Å². The Labute approximate surface area is 103 Å². The lowest BCUT2D eigenvalue weighted by molar-refractivity contribution is 0.101. The second-order valence-corrected chi connectivity index (χ2v) is 4.19. The molecule has 0 atom stereocenters. The van der Waals surface area contributed by atoms with Gasteiger partial charge in [-0.1, -0.05) is 30.3 Å². The second-order valence-electron chi connectivity index (χ2n) is 4.19. The van der Waals surface area contributed by atoms with Crippen LogP contribution in [0.2, 0.25) is 0 Å². The van der Waals surface area contributed by atoms with Crippen LogP contribution in [0.4, 0.5) is 0 Å². The molecular weight excluding hydrogens is 228 g/mol. The SMILES string of the molecule is CC(=O)c1coc2ccc3ccccc3c2c1=O. The van der Waals surface area contributed by atoms with Crippen LogP contribution in [0.3, 0.4) is 0 Å². The van der Waals surface area contributed by atoms with Crippen LogP contribution in [0.1, 0.15) is 17.3 Å². The zero-order valence-corrected chi connectivity index (χ0v) is 9.77. The van der Waals surface area contributed by atoms with Crippen molar-refractivity contribution >= 4 is 27.5 Å². The van der Waals surface area contributed by atoms with E-state index < -0.39 is 0 Å². The van der Waals surface area contributed by atoms with Gasteiger partial charge in [0.25, 0.3) is 0 Å². The fourth-order valence-electron chi connectivity index (χ4n) is 2.14. The maximum atomic E-state index is 12.3. The molecule has 0 amide bonds. The molecule has 1 heterocycles. The molecule has 0 aliphatic rings. The molecule has 0 bridgehead atoms. The van der Waals surface area contributed by atoms with Crippen LogP contribution in [-0.2, 0) is 0 Å². The Hall–Kier alpha value is -2.42. The quantitative estimate of drug-likeness (QED) is 0.483. The summed E-state index contributed by atoms with van der Waals surface area (Å²) in [6.07, 6.45) is 1.24. The van der Waals surface area contributed by atoms with Crippen LogP contribution in [-0.4, -0.2) is 5.78 Å². The van der Waals surface area contributed by atoms with Gasteiger partial charge in [-0.3, -0.25) is 9.59 Å². The Morgan fingerprint density at radius 2 is 1.89 bits per heavy atom. The normalized spacial score (nSPS) is 10.9. The van der Waals surface area contributed by atoms with Crippen LogP contribution in [0.25, 0.3) is 21.7 Å². The highest BCUT2D eigenvalue weighted by atomic mass is 16.3. The van der Waals surface area contributed by atoms with Crippen molar-refractivity contribution in [2.24, 2.45) is 0 Å². The maximum absolute atomic E-state index is 12.3. The summed E-state index contributed by atoms with van der Waals surface area (Å²) in [6.45, 7) is 1.36. The predicted octanol–water partition coefficient (Wildman–Crippen LogP) is 3.15. The van der Waals surface area contributed by atoms with E-state index in [1.807, 2.05) is 30.3 Å². The van der Waals surface area contributed by atoms with E-state index >= 15 is 0 Å². The number of carbonyl (C=O) groups excluding carboxylic acids is 1. The first-order valence-electron chi connectivity index (χ1n) is 5.62. The fourth-order valence-corrected chi connectivity index (χ4v) is 2.14.